The predicted molar refractivity (Wildman–Crippen MR) is 102 cm³/mol. The van der Waals surface area contributed by atoms with E-state index in [0.717, 1.165) is 57.0 Å². The molecule has 6 heteroatoms. The number of carbonyl (C=O) groups excluding carboxylic acids is 1. The molecule has 2 aromatic rings. The maximum Gasteiger partial charge on any atom is 0.222 e. The van der Waals surface area contributed by atoms with E-state index in [1.807, 2.05) is 35.6 Å². The number of rotatable bonds is 6. The minimum absolute atomic E-state index is 0.249. The van der Waals surface area contributed by atoms with Gasteiger partial charge in [-0.05, 0) is 38.3 Å². The summed E-state index contributed by atoms with van der Waals surface area (Å²) in [6.45, 7) is 8.77. The molecule has 6 nitrogen and oxygen atoms in total. The van der Waals surface area contributed by atoms with E-state index < -0.39 is 0 Å². The molecule has 0 bridgehead atoms. The van der Waals surface area contributed by atoms with Crippen LogP contribution in [0.25, 0.3) is 0 Å². The second-order valence-corrected chi connectivity index (χ2v) is 7.22. The van der Waals surface area contributed by atoms with Crippen LogP contribution in [0.2, 0.25) is 0 Å². The Balaban J connectivity index is 1.49. The number of hydrogen-bond donors (Lipinski definition) is 0. The highest BCUT2D eigenvalue weighted by atomic mass is 16.2. The molecular formula is C20H29N5O. The van der Waals surface area contributed by atoms with Gasteiger partial charge in [-0.25, -0.2) is 4.98 Å². The summed E-state index contributed by atoms with van der Waals surface area (Å²) in [6.07, 6.45) is 9.87. The first-order valence-electron chi connectivity index (χ1n) is 9.54. The molecule has 3 heterocycles. The fourth-order valence-electron chi connectivity index (χ4n) is 3.47. The largest absolute Gasteiger partial charge is 0.341 e. The molecule has 0 unspecified atom stereocenters. The Hall–Kier alpha value is -2.21. The van der Waals surface area contributed by atoms with E-state index in [1.165, 1.54) is 0 Å². The first kappa shape index (κ1) is 18.6. The first-order chi connectivity index (χ1) is 12.6. The predicted octanol–water partition coefficient (Wildman–Crippen LogP) is 2.53. The number of carbonyl (C=O) groups is 1. The average molecular weight is 355 g/mol. The molecule has 1 fully saturated rings. The molecule has 1 saturated heterocycles. The van der Waals surface area contributed by atoms with Crippen LogP contribution < -0.4 is 0 Å². The molecule has 0 aromatic carbocycles. The lowest BCUT2D eigenvalue weighted by Crippen LogP contribution is -2.35. The minimum Gasteiger partial charge on any atom is -0.341 e. The van der Waals surface area contributed by atoms with Gasteiger partial charge in [0.2, 0.25) is 5.91 Å². The van der Waals surface area contributed by atoms with E-state index in [-0.39, 0.29) is 5.91 Å². The molecule has 26 heavy (non-hydrogen) atoms. The molecule has 1 aliphatic heterocycles. The number of aryl methyl sites for hydroxylation is 1. The molecule has 1 aliphatic rings. The Bertz CT molecular complexity index is 697. The number of imidazole rings is 1. The van der Waals surface area contributed by atoms with Gasteiger partial charge in [-0.2, -0.15) is 0 Å². The summed E-state index contributed by atoms with van der Waals surface area (Å²) in [7, 11) is 0. The van der Waals surface area contributed by atoms with Crippen molar-refractivity contribution in [2.45, 2.75) is 45.7 Å². The maximum absolute atomic E-state index is 12.6. The van der Waals surface area contributed by atoms with E-state index in [1.54, 1.807) is 6.20 Å². The lowest BCUT2D eigenvalue weighted by Gasteiger charge is -2.22. The number of aromatic nitrogens is 3. The van der Waals surface area contributed by atoms with Crippen molar-refractivity contribution in [3.05, 3.63) is 48.3 Å². The quantitative estimate of drug-likeness (QED) is 0.799. The molecule has 3 rings (SSSR count). The minimum atomic E-state index is 0.249. The van der Waals surface area contributed by atoms with Crippen LogP contribution in [-0.2, 0) is 17.8 Å². The number of hydrogen-bond acceptors (Lipinski definition) is 4. The van der Waals surface area contributed by atoms with E-state index in [2.05, 4.69) is 33.3 Å². The molecule has 2 aromatic heterocycles. The Labute approximate surface area is 155 Å². The fourth-order valence-corrected chi connectivity index (χ4v) is 3.47. The Kier molecular flexibility index (Phi) is 6.39. The summed E-state index contributed by atoms with van der Waals surface area (Å²) < 4.78 is 2.22. The highest BCUT2D eigenvalue weighted by Gasteiger charge is 2.20. The number of nitrogens with zero attached hydrogens (tertiary/aromatic N) is 5. The smallest absolute Gasteiger partial charge is 0.222 e. The van der Waals surface area contributed by atoms with E-state index in [4.69, 9.17) is 0 Å². The average Bonchev–Trinajstić information content (AvgIpc) is 2.98. The van der Waals surface area contributed by atoms with Crippen LogP contribution in [0, 0.1) is 0 Å². The molecule has 0 aliphatic carbocycles. The zero-order valence-corrected chi connectivity index (χ0v) is 15.8. The van der Waals surface area contributed by atoms with Gasteiger partial charge < -0.3 is 9.47 Å². The van der Waals surface area contributed by atoms with Crippen molar-refractivity contribution in [2.24, 2.45) is 0 Å². The molecule has 1 amide bonds. The van der Waals surface area contributed by atoms with Crippen LogP contribution in [0.5, 0.6) is 0 Å². The summed E-state index contributed by atoms with van der Waals surface area (Å²) in [5.74, 6) is 1.36. The van der Waals surface area contributed by atoms with Crippen molar-refractivity contribution in [1.29, 1.82) is 0 Å². The number of pyridine rings is 1. The molecule has 0 saturated carbocycles. The summed E-state index contributed by atoms with van der Waals surface area (Å²) in [5, 5.41) is 0. The zero-order chi connectivity index (χ0) is 18.4. The van der Waals surface area contributed by atoms with Crippen LogP contribution in [0.4, 0.5) is 0 Å². The molecule has 0 radical (unpaired) electrons. The van der Waals surface area contributed by atoms with Gasteiger partial charge in [0.15, 0.2) is 0 Å². The van der Waals surface area contributed by atoms with E-state index in [0.29, 0.717) is 12.5 Å². The lowest BCUT2D eigenvalue weighted by molar-refractivity contribution is -0.131. The Morgan fingerprint density at radius 1 is 1.19 bits per heavy atom. The molecule has 0 spiro atoms. The van der Waals surface area contributed by atoms with Gasteiger partial charge in [-0.3, -0.25) is 14.7 Å². The van der Waals surface area contributed by atoms with Gasteiger partial charge in [-0.1, -0.05) is 6.07 Å². The zero-order valence-electron chi connectivity index (χ0n) is 15.8. The second kappa shape index (κ2) is 8.94. The van der Waals surface area contributed by atoms with E-state index in [9.17, 15) is 4.79 Å². The molecule has 0 N–H and O–H groups in total. The summed E-state index contributed by atoms with van der Waals surface area (Å²) in [4.78, 5) is 25.6. The van der Waals surface area contributed by atoms with Gasteiger partial charge in [0.05, 0.1) is 6.54 Å². The van der Waals surface area contributed by atoms with Gasteiger partial charge in [0.1, 0.15) is 5.82 Å². The Morgan fingerprint density at radius 2 is 2.08 bits per heavy atom. The van der Waals surface area contributed by atoms with Crippen molar-refractivity contribution in [2.75, 3.05) is 26.2 Å². The third-order valence-corrected chi connectivity index (χ3v) is 4.96. The molecule has 0 atom stereocenters. The van der Waals surface area contributed by atoms with Crippen LogP contribution in [-0.4, -0.2) is 56.4 Å². The monoisotopic (exact) mass is 355 g/mol. The Morgan fingerprint density at radius 3 is 2.85 bits per heavy atom. The molecule has 140 valence electrons. The van der Waals surface area contributed by atoms with Gasteiger partial charge in [0, 0.05) is 63.4 Å². The van der Waals surface area contributed by atoms with Crippen molar-refractivity contribution in [3.8, 4) is 0 Å². The number of amides is 1. The highest BCUT2D eigenvalue weighted by molar-refractivity contribution is 5.76. The standard InChI is InChI=1S/C20H29N5O/c1-17(2)25-12-9-22-19(25)16-23-10-4-11-24(14-13-23)20(26)7-6-18-5-3-8-21-15-18/h3,5,8-9,12,15,17H,4,6-7,10-11,13-14,16H2,1-2H3. The van der Waals surface area contributed by atoms with Gasteiger partial charge in [0.25, 0.3) is 0 Å². The third-order valence-electron chi connectivity index (χ3n) is 4.96. The lowest BCUT2D eigenvalue weighted by atomic mass is 10.1. The second-order valence-electron chi connectivity index (χ2n) is 7.22. The van der Waals surface area contributed by atoms with Gasteiger partial charge in [-0.15, -0.1) is 0 Å². The van der Waals surface area contributed by atoms with Crippen molar-refractivity contribution in [1.82, 2.24) is 24.3 Å². The van der Waals surface area contributed by atoms with Crippen LogP contribution in [0.3, 0.4) is 0 Å². The van der Waals surface area contributed by atoms with Crippen molar-refractivity contribution >= 4 is 5.91 Å². The van der Waals surface area contributed by atoms with E-state index >= 15 is 0 Å². The van der Waals surface area contributed by atoms with Crippen molar-refractivity contribution in [3.63, 3.8) is 0 Å². The fraction of sp³-hybridized carbons (Fsp3) is 0.550. The normalized spacial score (nSPS) is 16.0. The van der Waals surface area contributed by atoms with Crippen LogP contribution in [0.15, 0.2) is 36.9 Å². The summed E-state index contributed by atoms with van der Waals surface area (Å²) >= 11 is 0. The van der Waals surface area contributed by atoms with Crippen LogP contribution >= 0.6 is 0 Å². The van der Waals surface area contributed by atoms with Crippen LogP contribution in [0.1, 0.15) is 44.1 Å². The topological polar surface area (TPSA) is 54.3 Å². The van der Waals surface area contributed by atoms with Crippen molar-refractivity contribution < 1.29 is 4.79 Å². The summed E-state index contributed by atoms with van der Waals surface area (Å²) in [6, 6.07) is 4.37. The summed E-state index contributed by atoms with van der Waals surface area (Å²) in [5.41, 5.74) is 1.12. The SMILES string of the molecule is CC(C)n1ccnc1CN1CCCN(C(=O)CCc2cccnc2)CC1. The van der Waals surface area contributed by atoms with Gasteiger partial charge >= 0.3 is 0 Å². The third kappa shape index (κ3) is 4.91. The first-order valence-corrected chi connectivity index (χ1v) is 9.54. The maximum atomic E-state index is 12.6. The molecular weight excluding hydrogens is 326 g/mol. The highest BCUT2D eigenvalue weighted by Crippen LogP contribution is 2.13.